The van der Waals surface area contributed by atoms with Crippen LogP contribution in [0.25, 0.3) is 11.0 Å². The Hall–Kier alpha value is -2.37. The Labute approximate surface area is 147 Å². The smallest absolute Gasteiger partial charge is 0.336 e. The number of quaternary nitrogens is 2. The number of aryl methyl sites for hydroxylation is 1. The minimum absolute atomic E-state index is 0.271. The number of nitrogens with two attached hydrogens (primary N) is 1. The first-order chi connectivity index (χ1) is 12.1. The average Bonchev–Trinajstić information content (AvgIpc) is 3.11. The van der Waals surface area contributed by atoms with Crippen LogP contribution < -0.4 is 15.8 Å². The summed E-state index contributed by atoms with van der Waals surface area (Å²) >= 11 is 0. The Kier molecular flexibility index (Phi) is 5.36. The highest BCUT2D eigenvalue weighted by Crippen LogP contribution is 2.18. The van der Waals surface area contributed by atoms with Gasteiger partial charge < -0.3 is 19.1 Å². The molecule has 3 rings (SSSR count). The summed E-state index contributed by atoms with van der Waals surface area (Å²) in [6, 6.07) is 11.9. The number of nitrogens with one attached hydrogen (secondary N) is 1. The molecule has 0 saturated heterocycles. The maximum Gasteiger partial charge on any atom is 0.336 e. The van der Waals surface area contributed by atoms with E-state index in [-0.39, 0.29) is 11.7 Å². The lowest BCUT2D eigenvalue weighted by Gasteiger charge is -2.18. The molecule has 1 aromatic carbocycles. The van der Waals surface area contributed by atoms with E-state index in [1.807, 2.05) is 18.2 Å². The highest BCUT2D eigenvalue weighted by molar-refractivity contribution is 5.80. The number of benzene rings is 1. The predicted octanol–water partition coefficient (Wildman–Crippen LogP) is 0.898. The van der Waals surface area contributed by atoms with E-state index < -0.39 is 0 Å². The normalized spacial score (nSPS) is 12.8. The quantitative estimate of drug-likeness (QED) is 0.627. The lowest BCUT2D eigenvalue weighted by molar-refractivity contribution is -0.911. The van der Waals surface area contributed by atoms with Crippen molar-refractivity contribution in [2.45, 2.75) is 25.9 Å². The van der Waals surface area contributed by atoms with Gasteiger partial charge in [-0.1, -0.05) is 19.1 Å². The number of fused-ring (bicyclic) bond motifs is 1. The molecular formula is C20H26N2O3+2. The van der Waals surface area contributed by atoms with E-state index in [1.54, 1.807) is 12.3 Å². The summed E-state index contributed by atoms with van der Waals surface area (Å²) < 4.78 is 10.9. The molecular weight excluding hydrogens is 316 g/mol. The molecule has 0 radical (unpaired) electrons. The average molecular weight is 342 g/mol. The first-order valence-corrected chi connectivity index (χ1v) is 8.79. The molecule has 5 heteroatoms. The second-order valence-corrected chi connectivity index (χ2v) is 6.65. The minimum atomic E-state index is -0.287. The first-order valence-electron chi connectivity index (χ1n) is 8.79. The van der Waals surface area contributed by atoms with Gasteiger partial charge in [-0.3, -0.25) is 0 Å². The minimum Gasteiger partial charge on any atom is -0.463 e. The van der Waals surface area contributed by atoms with E-state index in [0.717, 1.165) is 36.2 Å². The van der Waals surface area contributed by atoms with Crippen LogP contribution in [0.5, 0.6) is 0 Å². The Morgan fingerprint density at radius 1 is 1.20 bits per heavy atom. The van der Waals surface area contributed by atoms with Crippen LogP contribution in [0.4, 0.5) is 0 Å². The van der Waals surface area contributed by atoms with Crippen LogP contribution in [0.15, 0.2) is 56.3 Å². The number of likely N-dealkylation sites (N-methyl/N-ethyl adjacent to an activating group) is 1. The molecule has 2 aromatic heterocycles. The standard InChI is InChI=1S/C20H24N2O3/c1-4-14-7-8-16-15(11-20(23)25-19(16)10-14)12-21-13-17(22(2)3)18-6-5-9-24-18/h5-11,17,21H,4,12-13H2,1-3H3/p+2/t17-/m1/s1. The van der Waals surface area contributed by atoms with Gasteiger partial charge in [-0.05, 0) is 30.2 Å². The van der Waals surface area contributed by atoms with E-state index in [0.29, 0.717) is 5.58 Å². The van der Waals surface area contributed by atoms with Crippen LogP contribution in [-0.4, -0.2) is 20.6 Å². The van der Waals surface area contributed by atoms with Crippen LogP contribution in [0.2, 0.25) is 0 Å². The molecule has 0 aliphatic carbocycles. The predicted molar refractivity (Wildman–Crippen MR) is 96.6 cm³/mol. The summed E-state index contributed by atoms with van der Waals surface area (Å²) in [5, 5.41) is 3.24. The summed E-state index contributed by atoms with van der Waals surface area (Å²) in [6.45, 7) is 3.71. The fourth-order valence-electron chi connectivity index (χ4n) is 3.19. The molecule has 0 aliphatic heterocycles. The maximum absolute atomic E-state index is 11.9. The van der Waals surface area contributed by atoms with Crippen molar-refractivity contribution in [2.24, 2.45) is 0 Å². The second-order valence-electron chi connectivity index (χ2n) is 6.65. The van der Waals surface area contributed by atoms with Crippen molar-refractivity contribution in [2.75, 3.05) is 20.6 Å². The largest absolute Gasteiger partial charge is 0.463 e. The Morgan fingerprint density at radius 2 is 2.04 bits per heavy atom. The lowest BCUT2D eigenvalue weighted by atomic mass is 10.1. The topological polar surface area (TPSA) is 64.4 Å². The van der Waals surface area contributed by atoms with E-state index in [4.69, 9.17) is 8.83 Å². The highest BCUT2D eigenvalue weighted by Gasteiger charge is 2.22. The van der Waals surface area contributed by atoms with E-state index in [1.165, 1.54) is 10.5 Å². The van der Waals surface area contributed by atoms with Crippen molar-refractivity contribution in [3.63, 3.8) is 0 Å². The molecule has 0 spiro atoms. The zero-order valence-electron chi connectivity index (χ0n) is 15.0. The van der Waals surface area contributed by atoms with Gasteiger partial charge in [0, 0.05) is 17.0 Å². The third kappa shape index (κ3) is 4.00. The van der Waals surface area contributed by atoms with Crippen molar-refractivity contribution in [3.8, 4) is 0 Å². The van der Waals surface area contributed by atoms with Crippen molar-refractivity contribution in [3.05, 3.63) is 70.0 Å². The molecule has 0 bridgehead atoms. The van der Waals surface area contributed by atoms with Crippen LogP contribution in [0, 0.1) is 0 Å². The maximum atomic E-state index is 11.9. The summed E-state index contributed by atoms with van der Waals surface area (Å²) in [7, 11) is 4.25. The molecule has 0 saturated carbocycles. The zero-order valence-corrected chi connectivity index (χ0v) is 15.0. The second kappa shape index (κ2) is 7.68. The van der Waals surface area contributed by atoms with Crippen LogP contribution in [-0.2, 0) is 13.0 Å². The molecule has 0 amide bonds. The van der Waals surface area contributed by atoms with E-state index >= 15 is 0 Å². The van der Waals surface area contributed by atoms with Gasteiger partial charge in [0.2, 0.25) is 0 Å². The van der Waals surface area contributed by atoms with E-state index in [2.05, 4.69) is 38.5 Å². The van der Waals surface area contributed by atoms with Gasteiger partial charge in [0.05, 0.1) is 20.4 Å². The van der Waals surface area contributed by atoms with Crippen molar-refractivity contribution < 1.29 is 19.1 Å². The van der Waals surface area contributed by atoms with Gasteiger partial charge in [0.25, 0.3) is 0 Å². The van der Waals surface area contributed by atoms with Gasteiger partial charge >= 0.3 is 5.63 Å². The fourth-order valence-corrected chi connectivity index (χ4v) is 3.19. The molecule has 1 atom stereocenters. The SMILES string of the molecule is CCc1ccc2c(C[NH2+]C[C@H](c3ccco3)[NH+](C)C)cc(=O)oc2c1. The number of rotatable bonds is 7. The molecule has 5 nitrogen and oxygen atoms in total. The highest BCUT2D eigenvalue weighted by atomic mass is 16.4. The molecule has 2 heterocycles. The van der Waals surface area contributed by atoms with Gasteiger partial charge in [0.15, 0.2) is 11.8 Å². The summed E-state index contributed by atoms with van der Waals surface area (Å²) in [5.74, 6) is 0.987. The van der Waals surface area contributed by atoms with Crippen molar-refractivity contribution >= 4 is 11.0 Å². The molecule has 3 aromatic rings. The lowest BCUT2D eigenvalue weighted by Crippen LogP contribution is -3.09. The first kappa shape index (κ1) is 17.5. The Morgan fingerprint density at radius 3 is 2.72 bits per heavy atom. The fraction of sp³-hybridized carbons (Fsp3) is 0.350. The number of hydrogen-bond donors (Lipinski definition) is 2. The van der Waals surface area contributed by atoms with Gasteiger partial charge in [-0.2, -0.15) is 0 Å². The molecule has 0 aliphatic rings. The third-order valence-electron chi connectivity index (χ3n) is 4.65. The Balaban J connectivity index is 1.77. The molecule has 0 unspecified atom stereocenters. The van der Waals surface area contributed by atoms with Gasteiger partial charge in [-0.15, -0.1) is 0 Å². The van der Waals surface area contributed by atoms with Crippen molar-refractivity contribution in [1.29, 1.82) is 0 Å². The zero-order chi connectivity index (χ0) is 17.8. The van der Waals surface area contributed by atoms with Crippen LogP contribution in [0.3, 0.4) is 0 Å². The molecule has 25 heavy (non-hydrogen) atoms. The molecule has 0 fully saturated rings. The summed E-state index contributed by atoms with van der Waals surface area (Å²) in [4.78, 5) is 13.2. The Bertz CT molecular complexity index is 882. The van der Waals surface area contributed by atoms with Crippen LogP contribution in [0.1, 0.15) is 29.9 Å². The molecule has 132 valence electrons. The number of furan rings is 1. The summed E-state index contributed by atoms with van der Waals surface area (Å²) in [5.41, 5.74) is 2.58. The summed E-state index contributed by atoms with van der Waals surface area (Å²) in [6.07, 6.45) is 2.64. The van der Waals surface area contributed by atoms with Gasteiger partial charge in [0.1, 0.15) is 18.7 Å². The van der Waals surface area contributed by atoms with E-state index in [9.17, 15) is 4.79 Å². The van der Waals surface area contributed by atoms with Crippen LogP contribution >= 0.6 is 0 Å². The third-order valence-corrected chi connectivity index (χ3v) is 4.65. The number of hydrogen-bond acceptors (Lipinski definition) is 3. The van der Waals surface area contributed by atoms with Gasteiger partial charge in [-0.25, -0.2) is 4.79 Å². The molecule has 3 N–H and O–H groups in total. The van der Waals surface area contributed by atoms with Crippen molar-refractivity contribution in [1.82, 2.24) is 0 Å². The monoisotopic (exact) mass is 342 g/mol.